The molecule has 106 valence electrons. The molecule has 0 saturated carbocycles. The lowest BCUT2D eigenvalue weighted by Gasteiger charge is -2.22. The van der Waals surface area contributed by atoms with Crippen molar-refractivity contribution in [3.8, 4) is 0 Å². The molecule has 1 atom stereocenters. The maximum atomic E-state index is 12.4. The minimum absolute atomic E-state index is 0.0885. The summed E-state index contributed by atoms with van der Waals surface area (Å²) in [6.07, 6.45) is 0. The van der Waals surface area contributed by atoms with Gasteiger partial charge in [-0.2, -0.15) is 0 Å². The molecule has 2 N–H and O–H groups in total. The number of nitrogen functional groups attached to an aromatic ring is 1. The molecule has 0 saturated heterocycles. The number of carbonyl (C=O) groups excluding carboxylic acids is 1. The van der Waals surface area contributed by atoms with Crippen LogP contribution in [0.1, 0.15) is 24.2 Å². The summed E-state index contributed by atoms with van der Waals surface area (Å²) in [4.78, 5) is 37.9. The Morgan fingerprint density at radius 3 is 2.32 bits per heavy atom. The molecule has 1 aromatic rings. The molecule has 0 radical (unpaired) electrons. The second-order valence-electron chi connectivity index (χ2n) is 4.58. The molecule has 0 amide bonds. The van der Waals surface area contributed by atoms with Crippen molar-refractivity contribution in [3.63, 3.8) is 0 Å². The van der Waals surface area contributed by atoms with Gasteiger partial charge in [0, 0.05) is 14.1 Å². The summed E-state index contributed by atoms with van der Waals surface area (Å²) >= 11 is 0. The van der Waals surface area contributed by atoms with Crippen molar-refractivity contribution in [3.05, 3.63) is 26.4 Å². The minimum Gasteiger partial charge on any atom is -0.384 e. The molecule has 1 aromatic heterocycles. The van der Waals surface area contributed by atoms with Crippen LogP contribution in [-0.4, -0.2) is 39.5 Å². The van der Waals surface area contributed by atoms with E-state index in [0.717, 1.165) is 9.13 Å². The van der Waals surface area contributed by atoms with Crippen molar-refractivity contribution in [2.45, 2.75) is 19.9 Å². The fraction of sp³-hybridized carbons (Fsp3) is 0.583. The number of anilines is 1. The van der Waals surface area contributed by atoms with Crippen LogP contribution in [0.2, 0.25) is 0 Å². The first kappa shape index (κ1) is 15.2. The predicted molar refractivity (Wildman–Crippen MR) is 73.4 cm³/mol. The zero-order valence-corrected chi connectivity index (χ0v) is 11.9. The van der Waals surface area contributed by atoms with Crippen LogP contribution in [0.5, 0.6) is 0 Å². The van der Waals surface area contributed by atoms with E-state index in [1.807, 2.05) is 6.92 Å². The number of carbonyl (C=O) groups is 1. The van der Waals surface area contributed by atoms with Crippen molar-refractivity contribution in [1.82, 2.24) is 14.0 Å². The molecule has 0 fully saturated rings. The molecule has 0 aliphatic carbocycles. The maximum Gasteiger partial charge on any atom is 0.332 e. The molecule has 7 heteroatoms. The quantitative estimate of drug-likeness (QED) is 0.721. The molecule has 0 unspecified atom stereocenters. The molecule has 19 heavy (non-hydrogen) atoms. The number of hydrogen-bond donors (Lipinski definition) is 1. The van der Waals surface area contributed by atoms with Crippen LogP contribution >= 0.6 is 0 Å². The number of likely N-dealkylation sites (N-methyl/N-ethyl adjacent to an activating group) is 1. The lowest BCUT2D eigenvalue weighted by Crippen LogP contribution is -2.45. The molecule has 7 nitrogen and oxygen atoms in total. The molecule has 0 spiro atoms. The van der Waals surface area contributed by atoms with Crippen LogP contribution in [0, 0.1) is 0 Å². The summed E-state index contributed by atoms with van der Waals surface area (Å²) in [5.41, 5.74) is 4.42. The Morgan fingerprint density at radius 1 is 1.32 bits per heavy atom. The molecule has 0 bridgehead atoms. The van der Waals surface area contributed by atoms with Gasteiger partial charge in [0.15, 0.2) is 5.78 Å². The highest BCUT2D eigenvalue weighted by Gasteiger charge is 2.26. The van der Waals surface area contributed by atoms with Gasteiger partial charge < -0.3 is 5.73 Å². The Kier molecular flexibility index (Phi) is 4.31. The zero-order valence-electron chi connectivity index (χ0n) is 11.9. The summed E-state index contributed by atoms with van der Waals surface area (Å²) in [5, 5.41) is 0. The number of ketones is 1. The highest BCUT2D eigenvalue weighted by atomic mass is 16.2. The summed E-state index contributed by atoms with van der Waals surface area (Å²) in [6, 6.07) is -0.475. The Bertz CT molecular complexity index is 615. The van der Waals surface area contributed by atoms with Gasteiger partial charge in [0.2, 0.25) is 0 Å². The van der Waals surface area contributed by atoms with E-state index in [4.69, 9.17) is 5.73 Å². The SMILES string of the molecule is CCN(C)[C@H](C)C(=O)c1c(N)n(C)c(=O)n(C)c1=O. The standard InChI is InChI=1S/C12H20N4O3/c1-6-14(3)7(2)9(17)8-10(13)15(4)12(19)16(5)11(8)18/h7H,6,13H2,1-5H3/t7-/m1/s1. The average Bonchev–Trinajstić information content (AvgIpc) is 2.41. The third-order valence-electron chi connectivity index (χ3n) is 3.50. The maximum absolute atomic E-state index is 12.4. The highest BCUT2D eigenvalue weighted by Crippen LogP contribution is 2.09. The predicted octanol–water partition coefficient (Wildman–Crippen LogP) is -0.811. The van der Waals surface area contributed by atoms with E-state index in [0.29, 0.717) is 6.54 Å². The smallest absolute Gasteiger partial charge is 0.332 e. The van der Waals surface area contributed by atoms with E-state index in [9.17, 15) is 14.4 Å². The van der Waals surface area contributed by atoms with Crippen LogP contribution in [-0.2, 0) is 14.1 Å². The first-order valence-electron chi connectivity index (χ1n) is 6.03. The number of aromatic nitrogens is 2. The van der Waals surface area contributed by atoms with E-state index in [-0.39, 0.29) is 17.2 Å². The van der Waals surface area contributed by atoms with Crippen LogP contribution < -0.4 is 17.0 Å². The van der Waals surface area contributed by atoms with Crippen molar-refractivity contribution < 1.29 is 4.79 Å². The van der Waals surface area contributed by atoms with E-state index in [2.05, 4.69) is 0 Å². The van der Waals surface area contributed by atoms with Gasteiger partial charge in [0.1, 0.15) is 11.4 Å². The highest BCUT2D eigenvalue weighted by molar-refractivity contribution is 6.03. The summed E-state index contributed by atoms with van der Waals surface area (Å²) in [5.74, 6) is -0.465. The Morgan fingerprint density at radius 2 is 1.84 bits per heavy atom. The molecule has 0 aliphatic rings. The van der Waals surface area contributed by atoms with Crippen molar-refractivity contribution in [1.29, 1.82) is 0 Å². The lowest BCUT2D eigenvalue weighted by molar-refractivity contribution is 0.0871. The number of hydrogen-bond acceptors (Lipinski definition) is 5. The van der Waals surface area contributed by atoms with E-state index < -0.39 is 17.3 Å². The zero-order chi connectivity index (χ0) is 14.9. The van der Waals surface area contributed by atoms with Crippen LogP contribution in [0.15, 0.2) is 9.59 Å². The monoisotopic (exact) mass is 268 g/mol. The van der Waals surface area contributed by atoms with E-state index in [1.165, 1.54) is 14.1 Å². The van der Waals surface area contributed by atoms with Gasteiger partial charge in [0.25, 0.3) is 5.56 Å². The lowest BCUT2D eigenvalue weighted by atomic mass is 10.1. The molecule has 0 aliphatic heterocycles. The van der Waals surface area contributed by atoms with E-state index >= 15 is 0 Å². The van der Waals surface area contributed by atoms with Crippen LogP contribution in [0.25, 0.3) is 0 Å². The van der Waals surface area contributed by atoms with Gasteiger partial charge in [-0.15, -0.1) is 0 Å². The molecular weight excluding hydrogens is 248 g/mol. The third kappa shape index (κ3) is 2.46. The fourth-order valence-electron chi connectivity index (χ4n) is 1.77. The summed E-state index contributed by atoms with van der Waals surface area (Å²) < 4.78 is 2.00. The summed E-state index contributed by atoms with van der Waals surface area (Å²) in [7, 11) is 4.54. The average molecular weight is 268 g/mol. The number of nitrogens with two attached hydrogens (primary N) is 1. The number of nitrogens with zero attached hydrogens (tertiary/aromatic N) is 3. The Hall–Kier alpha value is -1.89. The van der Waals surface area contributed by atoms with Gasteiger partial charge in [-0.25, -0.2) is 4.79 Å². The normalized spacial score (nSPS) is 12.7. The summed E-state index contributed by atoms with van der Waals surface area (Å²) in [6.45, 7) is 4.28. The molecule has 1 rings (SSSR count). The molecule has 0 aromatic carbocycles. The van der Waals surface area contributed by atoms with Crippen LogP contribution in [0.4, 0.5) is 5.82 Å². The van der Waals surface area contributed by atoms with Crippen molar-refractivity contribution >= 4 is 11.6 Å². The van der Waals surface area contributed by atoms with Gasteiger partial charge in [-0.1, -0.05) is 6.92 Å². The second-order valence-corrected chi connectivity index (χ2v) is 4.58. The van der Waals surface area contributed by atoms with Gasteiger partial charge >= 0.3 is 5.69 Å². The van der Waals surface area contributed by atoms with Crippen LogP contribution in [0.3, 0.4) is 0 Å². The van der Waals surface area contributed by atoms with Crippen molar-refractivity contribution in [2.75, 3.05) is 19.3 Å². The van der Waals surface area contributed by atoms with Gasteiger partial charge in [-0.05, 0) is 20.5 Å². The second kappa shape index (κ2) is 5.40. The molecular formula is C12H20N4O3. The van der Waals surface area contributed by atoms with Gasteiger partial charge in [-0.3, -0.25) is 23.6 Å². The minimum atomic E-state index is -0.651. The fourth-order valence-corrected chi connectivity index (χ4v) is 1.77. The number of Topliss-reactive ketones (excluding diaryl/α,β-unsaturated/α-hetero) is 1. The van der Waals surface area contributed by atoms with E-state index in [1.54, 1.807) is 18.9 Å². The Labute approximate surface area is 111 Å². The Balaban J connectivity index is 3.49. The third-order valence-corrected chi connectivity index (χ3v) is 3.50. The first-order chi connectivity index (χ1) is 8.73. The largest absolute Gasteiger partial charge is 0.384 e. The van der Waals surface area contributed by atoms with Crippen molar-refractivity contribution in [2.24, 2.45) is 14.1 Å². The molecule has 1 heterocycles. The first-order valence-corrected chi connectivity index (χ1v) is 6.03. The number of rotatable bonds is 4. The van der Waals surface area contributed by atoms with Gasteiger partial charge in [0.05, 0.1) is 6.04 Å². The topological polar surface area (TPSA) is 90.3 Å².